The Kier molecular flexibility index (Phi) is 21.4. The highest BCUT2D eigenvalue weighted by atomic mass is 16.5. The summed E-state index contributed by atoms with van der Waals surface area (Å²) in [6.07, 6.45) is 1.50. The second-order valence-electron chi connectivity index (χ2n) is 19.5. The molecular formula is C61H71N7O14. The zero-order chi connectivity index (χ0) is 57.2. The van der Waals surface area contributed by atoms with E-state index in [1.807, 2.05) is 48.5 Å². The summed E-state index contributed by atoms with van der Waals surface area (Å²) in [5, 5.41) is 11.0. The first kappa shape index (κ1) is 59.3. The molecule has 21 nitrogen and oxygen atoms in total. The molecular weight excluding hydrogens is 1050 g/mol. The number of hydrogen-bond acceptors (Lipinski definition) is 18. The van der Waals surface area contributed by atoms with Gasteiger partial charge in [-0.25, -0.2) is 0 Å². The monoisotopic (exact) mass is 1130 g/mol. The van der Waals surface area contributed by atoms with Gasteiger partial charge in [0.2, 0.25) is 0 Å². The van der Waals surface area contributed by atoms with Crippen molar-refractivity contribution in [3.05, 3.63) is 130 Å². The molecule has 0 saturated heterocycles. The number of aryl methyl sites for hydroxylation is 1. The highest BCUT2D eigenvalue weighted by Crippen LogP contribution is 2.37. The third-order valence-corrected chi connectivity index (χ3v) is 14.3. The van der Waals surface area contributed by atoms with E-state index in [0.29, 0.717) is 148 Å². The number of benzene rings is 6. The number of nitrogens with zero attached hydrogens (tertiary/aromatic N) is 3. The normalized spacial score (nSPS) is 14.0. The van der Waals surface area contributed by atoms with E-state index in [1.165, 1.54) is 14.7 Å². The molecule has 6 N–H and O–H groups in total. The number of nitrogens with one attached hydrogen (secondary N) is 2. The third kappa shape index (κ3) is 13.8. The van der Waals surface area contributed by atoms with Crippen LogP contribution in [0.2, 0.25) is 0 Å². The van der Waals surface area contributed by atoms with Crippen LogP contribution >= 0.6 is 0 Å². The van der Waals surface area contributed by atoms with Gasteiger partial charge in [0.1, 0.15) is 0 Å². The number of hydrogen-bond donors (Lipinski definition) is 4. The predicted octanol–water partition coefficient (Wildman–Crippen LogP) is 5.14. The topological polar surface area (TPSA) is 262 Å². The van der Waals surface area contributed by atoms with Crippen molar-refractivity contribution in [2.75, 3.05) is 162 Å². The lowest BCUT2D eigenvalue weighted by Crippen LogP contribution is -2.42. The van der Waals surface area contributed by atoms with Crippen LogP contribution in [0, 0.1) is 0 Å². The number of amides is 6. The molecule has 0 radical (unpaired) electrons. The standard InChI is InChI=1S/C61H71N7O14/c62-18-26-76-34-33-75-25-4-5-41-12-13-48-53-42(41)6-1-9-45(53)56(69)66(59(48)72)22-31-81-39-40-82-32-24-68-58(71)47-11-3-8-44-52(17-15-50(55(44)47)61(68)74)65-21-29-79-37-36-78-28-20-64-51-16-14-49-54-43(51)7-2-10-46(54)57(70)67(60(49)73)23-30-80-38-35-77-27-19-63/h1-3,6-17,64-65H,4-5,18-40,62-63H2. The average molecular weight is 1130 g/mol. The summed E-state index contributed by atoms with van der Waals surface area (Å²) in [5.74, 6) is -2.27. The van der Waals surface area contributed by atoms with Crippen LogP contribution in [0.3, 0.4) is 0 Å². The van der Waals surface area contributed by atoms with Gasteiger partial charge in [-0.1, -0.05) is 42.5 Å². The lowest BCUT2D eigenvalue weighted by atomic mass is 9.90. The van der Waals surface area contributed by atoms with E-state index in [0.717, 1.165) is 45.9 Å². The maximum atomic E-state index is 13.7. The maximum Gasteiger partial charge on any atom is 0.261 e. The quantitative estimate of drug-likeness (QED) is 0.0291. The van der Waals surface area contributed by atoms with E-state index in [2.05, 4.69) is 10.6 Å². The molecule has 82 heavy (non-hydrogen) atoms. The molecule has 0 aromatic heterocycles. The average Bonchev–Trinajstić information content (AvgIpc) is 3.51. The van der Waals surface area contributed by atoms with Crippen molar-refractivity contribution >= 4 is 79.1 Å². The Hall–Kier alpha value is -7.28. The van der Waals surface area contributed by atoms with Crippen LogP contribution in [-0.2, 0) is 44.3 Å². The molecule has 434 valence electrons. The van der Waals surface area contributed by atoms with E-state index in [1.54, 1.807) is 42.5 Å². The fourth-order valence-corrected chi connectivity index (χ4v) is 10.4. The third-order valence-electron chi connectivity index (χ3n) is 14.3. The Morgan fingerprint density at radius 1 is 0.329 bits per heavy atom. The van der Waals surface area contributed by atoms with Gasteiger partial charge in [-0.3, -0.25) is 43.5 Å². The zero-order valence-electron chi connectivity index (χ0n) is 46.0. The summed E-state index contributed by atoms with van der Waals surface area (Å²) in [6, 6.07) is 27.2. The Morgan fingerprint density at radius 2 is 0.646 bits per heavy atom. The fraction of sp³-hybridized carbons (Fsp3) is 0.410. The van der Waals surface area contributed by atoms with Gasteiger partial charge in [0.05, 0.1) is 119 Å². The molecule has 0 bridgehead atoms. The molecule has 6 aromatic rings. The molecule has 0 spiro atoms. The molecule has 3 aliphatic heterocycles. The van der Waals surface area contributed by atoms with Crippen LogP contribution < -0.4 is 22.1 Å². The van der Waals surface area contributed by atoms with Gasteiger partial charge < -0.3 is 60.0 Å². The van der Waals surface area contributed by atoms with Crippen LogP contribution in [-0.4, -0.2) is 202 Å². The summed E-state index contributed by atoms with van der Waals surface area (Å²) in [4.78, 5) is 85.2. The molecule has 3 heterocycles. The molecule has 6 aromatic carbocycles. The molecule has 0 aliphatic carbocycles. The number of rotatable bonds is 37. The predicted molar refractivity (Wildman–Crippen MR) is 308 cm³/mol. The van der Waals surface area contributed by atoms with Crippen molar-refractivity contribution in [1.29, 1.82) is 0 Å². The van der Waals surface area contributed by atoms with Crippen molar-refractivity contribution in [3.63, 3.8) is 0 Å². The maximum absolute atomic E-state index is 13.7. The lowest BCUT2D eigenvalue weighted by Gasteiger charge is -2.28. The minimum Gasteiger partial charge on any atom is -0.382 e. The highest BCUT2D eigenvalue weighted by molar-refractivity contribution is 6.28. The molecule has 0 atom stereocenters. The Morgan fingerprint density at radius 3 is 1.04 bits per heavy atom. The summed E-state index contributed by atoms with van der Waals surface area (Å²) in [5.41, 5.74) is 16.2. The van der Waals surface area contributed by atoms with E-state index in [-0.39, 0.29) is 76.3 Å². The summed E-state index contributed by atoms with van der Waals surface area (Å²) < 4.78 is 45.1. The van der Waals surface area contributed by atoms with Gasteiger partial charge in [0, 0.05) is 104 Å². The van der Waals surface area contributed by atoms with Crippen molar-refractivity contribution < 1.29 is 66.7 Å². The van der Waals surface area contributed by atoms with Crippen LogP contribution in [0.4, 0.5) is 11.4 Å². The van der Waals surface area contributed by atoms with Crippen LogP contribution in [0.1, 0.15) is 74.1 Å². The smallest absolute Gasteiger partial charge is 0.261 e. The summed E-state index contributed by atoms with van der Waals surface area (Å²) in [7, 11) is 0. The van der Waals surface area contributed by atoms with Gasteiger partial charge in [-0.2, -0.15) is 0 Å². The second kappa shape index (κ2) is 29.6. The number of carbonyl (C=O) groups excluding carboxylic acids is 6. The Bertz CT molecular complexity index is 3200. The second-order valence-corrected chi connectivity index (χ2v) is 19.5. The molecule has 3 aliphatic rings. The molecule has 0 unspecified atom stereocenters. The van der Waals surface area contributed by atoms with Crippen LogP contribution in [0.25, 0.3) is 32.3 Å². The van der Waals surface area contributed by atoms with Gasteiger partial charge in [0.15, 0.2) is 0 Å². The molecule has 9 rings (SSSR count). The molecule has 21 heteroatoms. The fourth-order valence-electron chi connectivity index (χ4n) is 10.4. The highest BCUT2D eigenvalue weighted by Gasteiger charge is 2.36. The number of carbonyl (C=O) groups is 6. The van der Waals surface area contributed by atoms with Crippen molar-refractivity contribution in [2.45, 2.75) is 12.8 Å². The Labute approximate surface area is 475 Å². The molecule has 0 saturated carbocycles. The van der Waals surface area contributed by atoms with Gasteiger partial charge in [-0.05, 0) is 72.3 Å². The van der Waals surface area contributed by atoms with Crippen molar-refractivity contribution in [2.24, 2.45) is 11.5 Å². The largest absolute Gasteiger partial charge is 0.382 e. The van der Waals surface area contributed by atoms with Crippen LogP contribution in [0.15, 0.2) is 91.0 Å². The lowest BCUT2D eigenvalue weighted by molar-refractivity contribution is 0.0264. The number of nitrogens with two attached hydrogens (primary N) is 2. The van der Waals surface area contributed by atoms with E-state index < -0.39 is 11.8 Å². The first-order chi connectivity index (χ1) is 40.2. The molecule has 0 fully saturated rings. The summed E-state index contributed by atoms with van der Waals surface area (Å²) >= 11 is 0. The van der Waals surface area contributed by atoms with E-state index in [9.17, 15) is 28.8 Å². The van der Waals surface area contributed by atoms with Gasteiger partial charge >= 0.3 is 0 Å². The molecule has 6 amide bonds. The van der Waals surface area contributed by atoms with Gasteiger partial charge in [-0.15, -0.1) is 0 Å². The SMILES string of the molecule is NCCOCCOCCCc1ccc2c3c(cccc13)C(=O)N(CCOCCOCCN1C(=O)c3cccc4c(NCCOCCOCCNc5ccc6c7c(cccc57)C(=O)N(CCOCCOCCN)C6=O)ccc(c34)C1=O)C2=O. The number of ether oxygens (including phenoxy) is 8. The number of imide groups is 3. The van der Waals surface area contributed by atoms with Crippen molar-refractivity contribution in [3.8, 4) is 0 Å². The van der Waals surface area contributed by atoms with Gasteiger partial charge in [0.25, 0.3) is 35.4 Å². The number of anilines is 2. The minimum absolute atomic E-state index is 0.0383. The summed E-state index contributed by atoms with van der Waals surface area (Å²) in [6.45, 7) is 7.52. The van der Waals surface area contributed by atoms with E-state index >= 15 is 0 Å². The minimum atomic E-state index is -0.409. The Balaban J connectivity index is 0.649. The van der Waals surface area contributed by atoms with Crippen molar-refractivity contribution in [1.82, 2.24) is 14.7 Å². The van der Waals surface area contributed by atoms with E-state index in [4.69, 9.17) is 49.4 Å². The zero-order valence-corrected chi connectivity index (χ0v) is 46.0. The van der Waals surface area contributed by atoms with Crippen LogP contribution in [0.5, 0.6) is 0 Å². The first-order valence-corrected chi connectivity index (χ1v) is 28.0. The first-order valence-electron chi connectivity index (χ1n) is 28.0.